The second kappa shape index (κ2) is 12.4. The Balaban J connectivity index is 2.24. The largest absolute Gasteiger partial charge is 0.357 e. The van der Waals surface area contributed by atoms with E-state index in [1.165, 1.54) is 12.1 Å². The first-order chi connectivity index (χ1) is 16.0. The van der Waals surface area contributed by atoms with Crippen LogP contribution in [0.25, 0.3) is 0 Å². The van der Waals surface area contributed by atoms with Gasteiger partial charge >= 0.3 is 0 Å². The van der Waals surface area contributed by atoms with Crippen LogP contribution in [0, 0.1) is 6.92 Å². The number of hydrogen-bond donors (Lipinski definition) is 1. The molecule has 0 radical (unpaired) electrons. The molecule has 186 valence electrons. The molecule has 0 bridgehead atoms. The minimum absolute atomic E-state index is 0.0413. The molecule has 0 aliphatic heterocycles. The molecule has 0 saturated carbocycles. The maximum absolute atomic E-state index is 13.3. The van der Waals surface area contributed by atoms with Gasteiger partial charge in [0.2, 0.25) is 21.8 Å². The molecular weight excluding hydrogens is 497 g/mol. The van der Waals surface area contributed by atoms with Gasteiger partial charge < -0.3 is 10.2 Å². The summed E-state index contributed by atoms with van der Waals surface area (Å²) in [4.78, 5) is 27.4. The minimum Gasteiger partial charge on any atom is -0.357 e. The summed E-state index contributed by atoms with van der Waals surface area (Å²) in [7, 11) is -2.12. The fraction of sp³-hybridized carbons (Fsp3) is 0.417. The van der Waals surface area contributed by atoms with Crippen LogP contribution in [0.4, 0.5) is 5.69 Å². The number of anilines is 1. The Kier molecular flexibility index (Phi) is 10.2. The van der Waals surface area contributed by atoms with E-state index in [1.807, 2.05) is 38.1 Å². The van der Waals surface area contributed by atoms with Crippen molar-refractivity contribution in [1.82, 2.24) is 10.2 Å². The van der Waals surface area contributed by atoms with E-state index >= 15 is 0 Å². The molecule has 2 aromatic rings. The van der Waals surface area contributed by atoms with E-state index in [0.717, 1.165) is 21.7 Å². The Morgan fingerprint density at radius 1 is 1.12 bits per heavy atom. The third-order valence-electron chi connectivity index (χ3n) is 5.56. The summed E-state index contributed by atoms with van der Waals surface area (Å²) in [5.74, 6) is -0.475. The highest BCUT2D eigenvalue weighted by Gasteiger charge is 2.28. The lowest BCUT2D eigenvalue weighted by Crippen LogP contribution is -2.48. The van der Waals surface area contributed by atoms with Crippen LogP contribution in [0.1, 0.15) is 37.3 Å². The lowest BCUT2D eigenvalue weighted by molar-refractivity contribution is -0.141. The van der Waals surface area contributed by atoms with Gasteiger partial charge in [-0.25, -0.2) is 8.42 Å². The second-order valence-corrected chi connectivity index (χ2v) is 10.8. The second-order valence-electron chi connectivity index (χ2n) is 8.02. The summed E-state index contributed by atoms with van der Waals surface area (Å²) >= 11 is 12.3. The van der Waals surface area contributed by atoms with Gasteiger partial charge in [0.05, 0.1) is 17.0 Å². The molecule has 2 aromatic carbocycles. The van der Waals surface area contributed by atoms with Crippen LogP contribution in [0.15, 0.2) is 42.5 Å². The number of amides is 2. The van der Waals surface area contributed by atoms with E-state index in [4.69, 9.17) is 23.2 Å². The van der Waals surface area contributed by atoms with Crippen molar-refractivity contribution in [3.05, 3.63) is 63.6 Å². The summed E-state index contributed by atoms with van der Waals surface area (Å²) < 4.78 is 26.0. The molecular formula is C24H31Cl2N3O4S. The first kappa shape index (κ1) is 28.0. The molecule has 2 rings (SSSR count). The average Bonchev–Trinajstić information content (AvgIpc) is 2.78. The van der Waals surface area contributed by atoms with Crippen molar-refractivity contribution >= 4 is 50.7 Å². The van der Waals surface area contributed by atoms with E-state index in [0.29, 0.717) is 11.4 Å². The third kappa shape index (κ3) is 7.35. The number of aryl methyl sites for hydroxylation is 1. The van der Waals surface area contributed by atoms with Gasteiger partial charge in [-0.05, 0) is 49.1 Å². The summed E-state index contributed by atoms with van der Waals surface area (Å²) in [6, 6.07) is 11.6. The molecule has 0 saturated heterocycles. The number of carbonyl (C=O) groups excluding carboxylic acids is 2. The summed E-state index contributed by atoms with van der Waals surface area (Å²) in [5, 5.41) is 3.23. The minimum atomic E-state index is -3.67. The molecule has 7 nitrogen and oxygen atoms in total. The molecule has 0 heterocycles. The van der Waals surface area contributed by atoms with Crippen LogP contribution < -0.4 is 9.62 Å². The molecule has 1 atom stereocenters. The third-order valence-corrected chi connectivity index (χ3v) is 7.30. The monoisotopic (exact) mass is 527 g/mol. The van der Waals surface area contributed by atoms with Crippen LogP contribution in [-0.4, -0.2) is 51.0 Å². The van der Waals surface area contributed by atoms with Gasteiger partial charge in [0, 0.05) is 31.6 Å². The van der Waals surface area contributed by atoms with Crippen molar-refractivity contribution in [2.75, 3.05) is 24.2 Å². The highest BCUT2D eigenvalue weighted by atomic mass is 35.5. The smallest absolute Gasteiger partial charge is 0.242 e. The zero-order chi connectivity index (χ0) is 25.5. The quantitative estimate of drug-likeness (QED) is 0.469. The van der Waals surface area contributed by atoms with Crippen molar-refractivity contribution in [3.8, 4) is 0 Å². The van der Waals surface area contributed by atoms with Crippen molar-refractivity contribution in [2.24, 2.45) is 0 Å². The molecule has 0 spiro atoms. The molecule has 0 unspecified atom stereocenters. The molecule has 34 heavy (non-hydrogen) atoms. The molecule has 2 amide bonds. The molecule has 1 N–H and O–H groups in total. The Labute approximate surface area is 212 Å². The van der Waals surface area contributed by atoms with Gasteiger partial charge in [0.15, 0.2) is 0 Å². The van der Waals surface area contributed by atoms with E-state index in [-0.39, 0.29) is 48.5 Å². The summed E-state index contributed by atoms with van der Waals surface area (Å²) in [6.07, 6.45) is 1.83. The van der Waals surface area contributed by atoms with E-state index in [9.17, 15) is 18.0 Å². The number of hydrogen-bond acceptors (Lipinski definition) is 4. The average molecular weight is 529 g/mol. The lowest BCUT2D eigenvalue weighted by Gasteiger charge is -2.31. The predicted octanol–water partition coefficient (Wildman–Crippen LogP) is 4.40. The zero-order valence-corrected chi connectivity index (χ0v) is 22.2. The van der Waals surface area contributed by atoms with Gasteiger partial charge in [0.25, 0.3) is 0 Å². The molecule has 0 aromatic heterocycles. The topological polar surface area (TPSA) is 86.8 Å². The Bertz CT molecular complexity index is 1120. The fourth-order valence-corrected chi connectivity index (χ4v) is 5.12. The molecule has 0 fully saturated rings. The number of rotatable bonds is 11. The van der Waals surface area contributed by atoms with Gasteiger partial charge in [-0.2, -0.15) is 0 Å². The van der Waals surface area contributed by atoms with Crippen molar-refractivity contribution in [3.63, 3.8) is 0 Å². The number of likely N-dealkylation sites (N-methyl/N-ethyl adjacent to an activating group) is 1. The number of nitrogens with zero attached hydrogens (tertiary/aromatic N) is 2. The molecule has 0 aliphatic carbocycles. The van der Waals surface area contributed by atoms with Crippen molar-refractivity contribution in [1.29, 1.82) is 0 Å². The van der Waals surface area contributed by atoms with Crippen LogP contribution >= 0.6 is 23.2 Å². The molecule has 0 aliphatic rings. The van der Waals surface area contributed by atoms with E-state index in [2.05, 4.69) is 5.32 Å². The summed E-state index contributed by atoms with van der Waals surface area (Å²) in [5.41, 5.74) is 2.23. The van der Waals surface area contributed by atoms with Crippen LogP contribution in [0.3, 0.4) is 0 Å². The fourth-order valence-electron chi connectivity index (χ4n) is 3.72. The number of nitrogens with one attached hydrogen (secondary N) is 1. The highest BCUT2D eigenvalue weighted by molar-refractivity contribution is 7.92. The Hall–Kier alpha value is -2.29. The number of carbonyl (C=O) groups is 2. The normalized spacial score (nSPS) is 12.2. The van der Waals surface area contributed by atoms with Gasteiger partial charge in [-0.1, -0.05) is 54.4 Å². The van der Waals surface area contributed by atoms with E-state index < -0.39 is 16.1 Å². The van der Waals surface area contributed by atoms with Crippen LogP contribution in [-0.2, 0) is 26.2 Å². The lowest BCUT2D eigenvalue weighted by atomic mass is 10.1. The van der Waals surface area contributed by atoms with E-state index in [1.54, 1.807) is 18.0 Å². The van der Waals surface area contributed by atoms with Crippen LogP contribution in [0.2, 0.25) is 10.0 Å². The van der Waals surface area contributed by atoms with Gasteiger partial charge in [0.1, 0.15) is 6.04 Å². The first-order valence-electron chi connectivity index (χ1n) is 11.0. The van der Waals surface area contributed by atoms with Crippen molar-refractivity contribution < 1.29 is 18.0 Å². The van der Waals surface area contributed by atoms with Gasteiger partial charge in [-0.15, -0.1) is 0 Å². The van der Waals surface area contributed by atoms with Crippen molar-refractivity contribution in [2.45, 2.75) is 45.7 Å². The number of halogens is 2. The predicted molar refractivity (Wildman–Crippen MR) is 138 cm³/mol. The number of benzene rings is 2. The standard InChI is InChI=1S/C24H31Cl2N3O4S/c1-5-21(24(31)27-3)28(16-18-10-7-6-9-17(18)2)23(30)11-8-14-29(34(4,32)33)22-15-19(25)12-13-20(22)26/h6-7,9-10,12-13,15,21H,5,8,11,14,16H2,1-4H3,(H,27,31)/t21-/m0/s1. The maximum atomic E-state index is 13.3. The summed E-state index contributed by atoms with van der Waals surface area (Å²) in [6.45, 7) is 4.13. The maximum Gasteiger partial charge on any atom is 0.242 e. The Morgan fingerprint density at radius 3 is 2.38 bits per heavy atom. The first-order valence-corrected chi connectivity index (χ1v) is 13.6. The number of sulfonamides is 1. The SMILES string of the molecule is CC[C@@H](C(=O)NC)N(Cc1ccccc1C)C(=O)CCCN(c1cc(Cl)ccc1Cl)S(C)(=O)=O. The zero-order valence-electron chi connectivity index (χ0n) is 19.8. The van der Waals surface area contributed by atoms with Gasteiger partial charge in [-0.3, -0.25) is 13.9 Å². The van der Waals surface area contributed by atoms with Crippen LogP contribution in [0.5, 0.6) is 0 Å². The Morgan fingerprint density at radius 2 is 1.79 bits per heavy atom. The highest BCUT2D eigenvalue weighted by Crippen LogP contribution is 2.31. The molecule has 10 heteroatoms.